The number of carbonyl (C=O) groups excluding carboxylic acids is 3. The van der Waals surface area contributed by atoms with Crippen molar-refractivity contribution in [3.63, 3.8) is 0 Å². The van der Waals surface area contributed by atoms with Gasteiger partial charge in [0.15, 0.2) is 5.78 Å². The van der Waals surface area contributed by atoms with Gasteiger partial charge in [0.1, 0.15) is 6.54 Å². The Morgan fingerprint density at radius 1 is 1.06 bits per heavy atom. The van der Waals surface area contributed by atoms with Crippen molar-refractivity contribution >= 4 is 29.2 Å². The van der Waals surface area contributed by atoms with Crippen LogP contribution in [0.25, 0.3) is 0 Å². The number of amides is 2. The lowest BCUT2D eigenvalue weighted by Crippen LogP contribution is -2.47. The van der Waals surface area contributed by atoms with Gasteiger partial charge in [0.25, 0.3) is 0 Å². The Bertz CT molecular complexity index is 929. The molecule has 0 unspecified atom stereocenters. The molecule has 0 aromatic heterocycles. The third-order valence-corrected chi connectivity index (χ3v) is 7.41. The maximum atomic E-state index is 13.7. The molecule has 1 aliphatic heterocycles. The summed E-state index contributed by atoms with van der Waals surface area (Å²) >= 11 is 0. The van der Waals surface area contributed by atoms with Crippen LogP contribution in [0.15, 0.2) is 29.4 Å². The Balaban J connectivity index is 1.73. The number of hydrogen-bond donors (Lipinski definition) is 0. The molecule has 178 valence electrons. The summed E-state index contributed by atoms with van der Waals surface area (Å²) < 4.78 is 5.12. The van der Waals surface area contributed by atoms with Crippen LogP contribution in [0.4, 0.5) is 10.5 Å². The highest BCUT2D eigenvalue weighted by atomic mass is 16.5. The van der Waals surface area contributed by atoms with Gasteiger partial charge in [-0.2, -0.15) is 5.10 Å². The zero-order valence-corrected chi connectivity index (χ0v) is 19.8. The number of esters is 1. The van der Waals surface area contributed by atoms with E-state index in [1.54, 1.807) is 6.92 Å². The number of ether oxygens (including phenoxy) is 1. The van der Waals surface area contributed by atoms with E-state index in [1.807, 2.05) is 31.2 Å². The molecule has 2 saturated carbocycles. The third-order valence-electron chi connectivity index (χ3n) is 7.41. The number of anilines is 1. The molecule has 3 aliphatic rings. The molecule has 0 bridgehead atoms. The number of nitrogens with zero attached hydrogens (tertiary/aromatic N) is 3. The summed E-state index contributed by atoms with van der Waals surface area (Å²) in [7, 11) is 0. The number of hydrogen-bond acceptors (Lipinski definition) is 5. The van der Waals surface area contributed by atoms with Crippen molar-refractivity contribution in [2.75, 3.05) is 24.6 Å². The van der Waals surface area contributed by atoms with Crippen LogP contribution in [-0.2, 0) is 14.3 Å². The van der Waals surface area contributed by atoms with E-state index in [9.17, 15) is 14.4 Å². The van der Waals surface area contributed by atoms with Crippen LogP contribution in [0.5, 0.6) is 0 Å². The molecule has 7 heteroatoms. The number of urea groups is 1. The lowest BCUT2D eigenvalue weighted by atomic mass is 9.82. The number of hydrazone groups is 1. The summed E-state index contributed by atoms with van der Waals surface area (Å²) in [5.41, 5.74) is 2.02. The average Bonchev–Trinajstić information content (AvgIpc) is 3.24. The van der Waals surface area contributed by atoms with Gasteiger partial charge in [0.05, 0.1) is 24.6 Å². The third kappa shape index (κ3) is 4.97. The SMILES string of the molecule is CCOC(=O)CN1N=C(C2CCCCC2)c2ccccc2N(CC(=O)C2(C)CCCC2)C1=O. The zero-order valence-electron chi connectivity index (χ0n) is 19.8. The second kappa shape index (κ2) is 10.1. The standard InChI is InChI=1S/C26H35N3O4/c1-3-33-23(31)18-29-25(32)28(17-22(30)26(2)15-9-10-16-26)21-14-8-7-13-20(21)24(27-29)19-11-5-4-6-12-19/h7-8,13-14,19H,3-6,9-12,15-18H2,1-2H3. The summed E-state index contributed by atoms with van der Waals surface area (Å²) in [6, 6.07) is 7.26. The zero-order chi connectivity index (χ0) is 23.4. The number of ketones is 1. The smallest absolute Gasteiger partial charge is 0.345 e. The average molecular weight is 454 g/mol. The van der Waals surface area contributed by atoms with Crippen LogP contribution in [0.1, 0.15) is 77.2 Å². The van der Waals surface area contributed by atoms with Gasteiger partial charge in [-0.25, -0.2) is 9.80 Å². The van der Waals surface area contributed by atoms with Crippen molar-refractivity contribution in [3.8, 4) is 0 Å². The van der Waals surface area contributed by atoms with E-state index >= 15 is 0 Å². The van der Waals surface area contributed by atoms with Crippen LogP contribution >= 0.6 is 0 Å². The highest BCUT2D eigenvalue weighted by Crippen LogP contribution is 2.40. The van der Waals surface area contributed by atoms with Crippen molar-refractivity contribution in [2.45, 2.75) is 71.6 Å². The Hall–Kier alpha value is -2.70. The van der Waals surface area contributed by atoms with Gasteiger partial charge < -0.3 is 4.74 Å². The van der Waals surface area contributed by atoms with Crippen molar-refractivity contribution < 1.29 is 19.1 Å². The van der Waals surface area contributed by atoms with E-state index in [2.05, 4.69) is 0 Å². The number of benzene rings is 1. The van der Waals surface area contributed by atoms with E-state index in [1.165, 1.54) is 16.3 Å². The van der Waals surface area contributed by atoms with Gasteiger partial charge in [0, 0.05) is 16.9 Å². The lowest BCUT2D eigenvalue weighted by Gasteiger charge is -2.29. The van der Waals surface area contributed by atoms with Gasteiger partial charge in [-0.3, -0.25) is 14.5 Å². The molecule has 0 N–H and O–H groups in total. The molecular weight excluding hydrogens is 418 g/mol. The van der Waals surface area contributed by atoms with Crippen LogP contribution < -0.4 is 4.90 Å². The first kappa shape index (κ1) is 23.5. The second-order valence-corrected chi connectivity index (χ2v) is 9.76. The maximum absolute atomic E-state index is 13.7. The van der Waals surface area contributed by atoms with E-state index in [0.29, 0.717) is 5.69 Å². The van der Waals surface area contributed by atoms with Gasteiger partial charge in [-0.1, -0.05) is 57.2 Å². The minimum Gasteiger partial charge on any atom is -0.465 e. The number of rotatable bonds is 7. The van der Waals surface area contributed by atoms with Gasteiger partial charge in [-0.05, 0) is 38.7 Å². The quantitative estimate of drug-likeness (QED) is 0.549. The normalized spacial score (nSPS) is 20.8. The highest BCUT2D eigenvalue weighted by molar-refractivity contribution is 6.13. The van der Waals surface area contributed by atoms with Gasteiger partial charge in [-0.15, -0.1) is 0 Å². The fraction of sp³-hybridized carbons (Fsp3) is 0.615. The van der Waals surface area contributed by atoms with Crippen molar-refractivity contribution in [2.24, 2.45) is 16.4 Å². The molecule has 1 aromatic rings. The van der Waals surface area contributed by atoms with Crippen LogP contribution in [0.2, 0.25) is 0 Å². The molecule has 1 aromatic carbocycles. The largest absolute Gasteiger partial charge is 0.465 e. The van der Waals surface area contributed by atoms with E-state index in [4.69, 9.17) is 9.84 Å². The summed E-state index contributed by atoms with van der Waals surface area (Å²) in [4.78, 5) is 41.0. The van der Waals surface area contributed by atoms with Crippen molar-refractivity contribution in [3.05, 3.63) is 29.8 Å². The Labute approximate surface area is 196 Å². The maximum Gasteiger partial charge on any atom is 0.345 e. The fourth-order valence-corrected chi connectivity index (χ4v) is 5.43. The number of para-hydroxylation sites is 1. The number of fused-ring (bicyclic) bond motifs is 1. The molecule has 1 heterocycles. The summed E-state index contributed by atoms with van der Waals surface area (Å²) in [5, 5.41) is 5.98. The monoisotopic (exact) mass is 453 g/mol. The molecule has 4 rings (SSSR count). The highest BCUT2D eigenvalue weighted by Gasteiger charge is 2.40. The first-order valence-electron chi connectivity index (χ1n) is 12.4. The van der Waals surface area contributed by atoms with Crippen LogP contribution in [0.3, 0.4) is 0 Å². The molecule has 0 saturated heterocycles. The van der Waals surface area contributed by atoms with E-state index in [-0.39, 0.29) is 31.4 Å². The van der Waals surface area contributed by atoms with Crippen molar-refractivity contribution in [1.82, 2.24) is 5.01 Å². The molecule has 2 fully saturated rings. The Kier molecular flexibility index (Phi) is 7.15. The predicted octanol–water partition coefficient (Wildman–Crippen LogP) is 4.93. The minimum absolute atomic E-state index is 0.0147. The summed E-state index contributed by atoms with van der Waals surface area (Å²) in [6.07, 6.45) is 9.24. The van der Waals surface area contributed by atoms with Crippen LogP contribution in [0, 0.1) is 11.3 Å². The van der Waals surface area contributed by atoms with Crippen molar-refractivity contribution in [1.29, 1.82) is 0 Å². The molecule has 7 nitrogen and oxygen atoms in total. The van der Waals surface area contributed by atoms with E-state index < -0.39 is 17.4 Å². The molecule has 2 amide bonds. The Morgan fingerprint density at radius 3 is 2.45 bits per heavy atom. The van der Waals surface area contributed by atoms with Gasteiger partial charge in [0.2, 0.25) is 0 Å². The number of Topliss-reactive ketones (excluding diaryl/α,β-unsaturated/α-hetero) is 1. The van der Waals surface area contributed by atoms with Gasteiger partial charge >= 0.3 is 12.0 Å². The van der Waals surface area contributed by atoms with Crippen LogP contribution in [-0.4, -0.2) is 48.2 Å². The summed E-state index contributed by atoms with van der Waals surface area (Å²) in [5.74, 6) is -0.210. The topological polar surface area (TPSA) is 79.3 Å². The Morgan fingerprint density at radius 2 is 1.76 bits per heavy atom. The molecule has 2 aliphatic carbocycles. The first-order valence-corrected chi connectivity index (χ1v) is 12.4. The fourth-order valence-electron chi connectivity index (χ4n) is 5.43. The molecule has 33 heavy (non-hydrogen) atoms. The first-order chi connectivity index (χ1) is 15.9. The number of carbonyl (C=O) groups is 3. The molecule has 0 atom stereocenters. The summed E-state index contributed by atoms with van der Waals surface area (Å²) in [6.45, 7) is 3.71. The lowest BCUT2D eigenvalue weighted by molar-refractivity contribution is -0.143. The minimum atomic E-state index is -0.502. The predicted molar refractivity (Wildman–Crippen MR) is 127 cm³/mol. The molecule has 0 radical (unpaired) electrons. The second-order valence-electron chi connectivity index (χ2n) is 9.76. The molecular formula is C26H35N3O4. The molecule has 0 spiro atoms. The van der Waals surface area contributed by atoms with E-state index in [0.717, 1.165) is 62.6 Å².